The molecule has 0 aliphatic heterocycles. The number of nitrogens with one attached hydrogen (secondary N) is 2. The number of carbonyl (C=O) groups is 1. The largest absolute Gasteiger partial charge is 0.493 e. The first-order chi connectivity index (χ1) is 12.0. The predicted molar refractivity (Wildman–Crippen MR) is 98.1 cm³/mol. The van der Waals surface area contributed by atoms with E-state index < -0.39 is 0 Å². The number of hydrogen-bond donors (Lipinski definition) is 2. The number of benzene rings is 2. The normalized spacial score (nSPS) is 10.1. The van der Waals surface area contributed by atoms with Crippen LogP contribution in [0.15, 0.2) is 30.3 Å². The Labute approximate surface area is 152 Å². The average molecular weight is 365 g/mol. The van der Waals surface area contributed by atoms with Gasteiger partial charge in [-0.25, -0.2) is 4.79 Å². The maximum atomic E-state index is 12.2. The number of amides is 2. The first kappa shape index (κ1) is 18.7. The Morgan fingerprint density at radius 2 is 1.76 bits per heavy atom. The van der Waals surface area contributed by atoms with Crippen LogP contribution >= 0.6 is 11.6 Å². The Balaban J connectivity index is 2.10. The van der Waals surface area contributed by atoms with E-state index >= 15 is 0 Å². The van der Waals surface area contributed by atoms with Crippen molar-refractivity contribution >= 4 is 23.3 Å². The van der Waals surface area contributed by atoms with E-state index in [4.69, 9.17) is 25.8 Å². The zero-order valence-corrected chi connectivity index (χ0v) is 15.4. The molecule has 2 aromatic carbocycles. The number of halogens is 1. The van der Waals surface area contributed by atoms with Crippen molar-refractivity contribution < 1.29 is 19.0 Å². The first-order valence-electron chi connectivity index (χ1n) is 7.59. The van der Waals surface area contributed by atoms with Crippen LogP contribution in [-0.4, -0.2) is 27.4 Å². The monoisotopic (exact) mass is 364 g/mol. The summed E-state index contributed by atoms with van der Waals surface area (Å²) in [6.07, 6.45) is 0. The third kappa shape index (κ3) is 4.28. The van der Waals surface area contributed by atoms with Gasteiger partial charge in [0.05, 0.1) is 21.3 Å². The summed E-state index contributed by atoms with van der Waals surface area (Å²) < 4.78 is 16.0. The molecule has 2 rings (SSSR count). The molecule has 0 unspecified atom stereocenters. The number of carbonyl (C=O) groups excluding carboxylic acids is 1. The van der Waals surface area contributed by atoms with E-state index in [1.54, 1.807) is 31.4 Å². The molecule has 6 nitrogen and oxygen atoms in total. The smallest absolute Gasteiger partial charge is 0.319 e. The number of urea groups is 1. The van der Waals surface area contributed by atoms with E-state index in [-0.39, 0.29) is 12.6 Å². The van der Waals surface area contributed by atoms with E-state index in [0.29, 0.717) is 28.0 Å². The fourth-order valence-electron chi connectivity index (χ4n) is 2.39. The van der Waals surface area contributed by atoms with Gasteiger partial charge in [0.2, 0.25) is 5.75 Å². The van der Waals surface area contributed by atoms with Crippen LogP contribution in [0.5, 0.6) is 17.2 Å². The van der Waals surface area contributed by atoms with Crippen molar-refractivity contribution in [1.82, 2.24) is 5.32 Å². The summed E-state index contributed by atoms with van der Waals surface area (Å²) in [5.41, 5.74) is 2.23. The van der Waals surface area contributed by atoms with Gasteiger partial charge in [-0.2, -0.15) is 0 Å². The van der Waals surface area contributed by atoms with Crippen LogP contribution in [0.4, 0.5) is 10.5 Å². The maximum absolute atomic E-state index is 12.2. The molecule has 7 heteroatoms. The van der Waals surface area contributed by atoms with Crippen LogP contribution < -0.4 is 24.8 Å². The van der Waals surface area contributed by atoms with E-state index in [2.05, 4.69) is 10.6 Å². The summed E-state index contributed by atoms with van der Waals surface area (Å²) in [6, 6.07) is 8.57. The SMILES string of the molecule is COc1ccc(CNC(=O)Nc2cccc(Cl)c2C)c(OC)c1OC. The Kier molecular flexibility index (Phi) is 6.36. The molecule has 0 aliphatic carbocycles. The molecule has 0 atom stereocenters. The third-order valence-electron chi connectivity index (χ3n) is 3.74. The minimum Gasteiger partial charge on any atom is -0.493 e. The third-order valence-corrected chi connectivity index (χ3v) is 4.15. The lowest BCUT2D eigenvalue weighted by atomic mass is 10.1. The molecule has 0 radical (unpaired) electrons. The second kappa shape index (κ2) is 8.48. The summed E-state index contributed by atoms with van der Waals surface area (Å²) in [7, 11) is 4.62. The average Bonchev–Trinajstić information content (AvgIpc) is 2.62. The van der Waals surface area contributed by atoms with E-state index in [1.165, 1.54) is 14.2 Å². The van der Waals surface area contributed by atoms with Gasteiger partial charge in [-0.3, -0.25) is 0 Å². The van der Waals surface area contributed by atoms with Crippen molar-refractivity contribution in [2.24, 2.45) is 0 Å². The zero-order chi connectivity index (χ0) is 18.4. The molecule has 0 saturated carbocycles. The molecular formula is C18H21ClN2O4. The summed E-state index contributed by atoms with van der Waals surface area (Å²) >= 11 is 6.06. The van der Waals surface area contributed by atoms with Gasteiger partial charge in [0.1, 0.15) is 0 Å². The standard InChI is InChI=1S/C18H21ClN2O4/c1-11-13(19)6-5-7-14(11)21-18(22)20-10-12-8-9-15(23-2)17(25-4)16(12)24-3/h5-9H,10H2,1-4H3,(H2,20,21,22). The van der Waals surface area contributed by atoms with Crippen molar-refractivity contribution in [2.75, 3.05) is 26.6 Å². The molecule has 25 heavy (non-hydrogen) atoms. The van der Waals surface area contributed by atoms with Gasteiger partial charge in [-0.15, -0.1) is 0 Å². The van der Waals surface area contributed by atoms with Crippen LogP contribution in [0.2, 0.25) is 5.02 Å². The highest BCUT2D eigenvalue weighted by Gasteiger charge is 2.16. The van der Waals surface area contributed by atoms with Crippen LogP contribution in [0.3, 0.4) is 0 Å². The molecule has 0 bridgehead atoms. The maximum Gasteiger partial charge on any atom is 0.319 e. The lowest BCUT2D eigenvalue weighted by Crippen LogP contribution is -2.28. The minimum absolute atomic E-state index is 0.259. The number of ether oxygens (including phenoxy) is 3. The van der Waals surface area contributed by atoms with Gasteiger partial charge in [0.15, 0.2) is 11.5 Å². The fraction of sp³-hybridized carbons (Fsp3) is 0.278. The van der Waals surface area contributed by atoms with Gasteiger partial charge in [-0.1, -0.05) is 17.7 Å². The molecule has 0 heterocycles. The number of anilines is 1. The Morgan fingerprint density at radius 1 is 1.04 bits per heavy atom. The Bertz CT molecular complexity index is 765. The topological polar surface area (TPSA) is 68.8 Å². The van der Waals surface area contributed by atoms with E-state index in [1.807, 2.05) is 13.0 Å². The quantitative estimate of drug-likeness (QED) is 0.813. The summed E-state index contributed by atoms with van der Waals surface area (Å²) in [5, 5.41) is 6.16. The zero-order valence-electron chi connectivity index (χ0n) is 14.6. The predicted octanol–water partition coefficient (Wildman–Crippen LogP) is 4.00. The lowest BCUT2D eigenvalue weighted by molar-refractivity contribution is 0.251. The highest BCUT2D eigenvalue weighted by Crippen LogP contribution is 2.39. The number of methoxy groups -OCH3 is 3. The van der Waals surface area contributed by atoms with Crippen molar-refractivity contribution in [3.05, 3.63) is 46.5 Å². The molecule has 0 spiro atoms. The van der Waals surface area contributed by atoms with Gasteiger partial charge < -0.3 is 24.8 Å². The summed E-state index contributed by atoms with van der Waals surface area (Å²) in [5.74, 6) is 1.55. The second-order valence-corrected chi connectivity index (χ2v) is 5.62. The highest BCUT2D eigenvalue weighted by molar-refractivity contribution is 6.31. The highest BCUT2D eigenvalue weighted by atomic mass is 35.5. The van der Waals surface area contributed by atoms with Crippen LogP contribution in [0, 0.1) is 6.92 Å². The van der Waals surface area contributed by atoms with Gasteiger partial charge in [0, 0.05) is 22.8 Å². The van der Waals surface area contributed by atoms with Crippen molar-refractivity contribution in [3.8, 4) is 17.2 Å². The van der Waals surface area contributed by atoms with Crippen LogP contribution in [0.1, 0.15) is 11.1 Å². The van der Waals surface area contributed by atoms with Crippen LogP contribution in [-0.2, 0) is 6.54 Å². The number of rotatable bonds is 6. The molecule has 0 aromatic heterocycles. The summed E-state index contributed by atoms with van der Waals surface area (Å²) in [4.78, 5) is 12.2. The Hall–Kier alpha value is -2.60. The fourth-order valence-corrected chi connectivity index (χ4v) is 2.56. The minimum atomic E-state index is -0.345. The molecule has 2 N–H and O–H groups in total. The molecular weight excluding hydrogens is 344 g/mol. The Morgan fingerprint density at radius 3 is 2.40 bits per heavy atom. The van der Waals surface area contributed by atoms with Gasteiger partial charge in [-0.05, 0) is 36.8 Å². The summed E-state index contributed by atoms with van der Waals surface area (Å²) in [6.45, 7) is 2.10. The van der Waals surface area contributed by atoms with Crippen molar-refractivity contribution in [3.63, 3.8) is 0 Å². The van der Waals surface area contributed by atoms with Gasteiger partial charge >= 0.3 is 6.03 Å². The van der Waals surface area contributed by atoms with Crippen molar-refractivity contribution in [2.45, 2.75) is 13.5 Å². The van der Waals surface area contributed by atoms with E-state index in [9.17, 15) is 4.79 Å². The first-order valence-corrected chi connectivity index (χ1v) is 7.97. The molecule has 2 amide bonds. The molecule has 2 aromatic rings. The second-order valence-electron chi connectivity index (χ2n) is 5.21. The molecule has 134 valence electrons. The lowest BCUT2D eigenvalue weighted by Gasteiger charge is -2.16. The molecule has 0 fully saturated rings. The van der Waals surface area contributed by atoms with Gasteiger partial charge in [0.25, 0.3) is 0 Å². The molecule has 0 aliphatic rings. The van der Waals surface area contributed by atoms with E-state index in [0.717, 1.165) is 11.1 Å². The number of hydrogen-bond acceptors (Lipinski definition) is 4. The van der Waals surface area contributed by atoms with Crippen LogP contribution in [0.25, 0.3) is 0 Å². The van der Waals surface area contributed by atoms with Crippen molar-refractivity contribution in [1.29, 1.82) is 0 Å². The molecule has 0 saturated heterocycles.